The number of aromatic nitrogens is 1. The van der Waals surface area contributed by atoms with Crippen LogP contribution in [-0.4, -0.2) is 10.9 Å². The summed E-state index contributed by atoms with van der Waals surface area (Å²) in [5, 5.41) is -0.330. The van der Waals surface area contributed by atoms with Crippen LogP contribution < -0.4 is 5.73 Å². The molecule has 0 unspecified atom stereocenters. The first kappa shape index (κ1) is 13.4. The molecule has 0 atom stereocenters. The number of benzene rings is 1. The molecule has 0 spiro atoms. The second kappa shape index (κ2) is 4.25. The summed E-state index contributed by atoms with van der Waals surface area (Å²) >= 11 is 0. The summed E-state index contributed by atoms with van der Waals surface area (Å²) in [6, 6.07) is 1.41. The number of nitrogens with one attached hydrogen (secondary N) is 1. The lowest BCUT2D eigenvalue weighted by atomic mass is 10.0. The molecule has 0 aliphatic rings. The minimum Gasteiger partial charge on any atom is -0.369 e. The molecule has 0 aliphatic carbocycles. The molecule has 3 nitrogen and oxygen atoms in total. The lowest BCUT2D eigenvalue weighted by molar-refractivity contribution is -0.136. The Kier molecular flexibility index (Phi) is 3.00. The van der Waals surface area contributed by atoms with Gasteiger partial charge in [-0.25, -0.2) is 4.39 Å². The average Bonchev–Trinajstić information content (AvgIpc) is 2.56. The third-order valence-electron chi connectivity index (χ3n) is 2.88. The van der Waals surface area contributed by atoms with E-state index in [1.165, 1.54) is 6.92 Å². The smallest absolute Gasteiger partial charge is 0.369 e. The summed E-state index contributed by atoms with van der Waals surface area (Å²) in [6.07, 6.45) is -5.01. The SMILES string of the molecule is Cc1[nH]c2c(F)ccc(C(F)(F)F)c2c1CC(N)=O. The van der Waals surface area contributed by atoms with Crippen LogP contribution >= 0.6 is 0 Å². The summed E-state index contributed by atoms with van der Waals surface area (Å²) in [5.41, 5.74) is 4.14. The zero-order valence-corrected chi connectivity index (χ0v) is 9.86. The molecule has 0 saturated heterocycles. The van der Waals surface area contributed by atoms with Gasteiger partial charge in [0.05, 0.1) is 17.5 Å². The number of fused-ring (bicyclic) bond motifs is 1. The van der Waals surface area contributed by atoms with Crippen molar-refractivity contribution >= 4 is 16.8 Å². The molecule has 19 heavy (non-hydrogen) atoms. The van der Waals surface area contributed by atoms with Gasteiger partial charge in [-0.2, -0.15) is 13.2 Å². The van der Waals surface area contributed by atoms with Crippen molar-refractivity contribution in [2.75, 3.05) is 0 Å². The van der Waals surface area contributed by atoms with E-state index in [1.807, 2.05) is 0 Å². The Labute approximate surface area is 105 Å². The zero-order valence-electron chi connectivity index (χ0n) is 9.86. The number of nitrogens with two attached hydrogens (primary N) is 1. The van der Waals surface area contributed by atoms with Gasteiger partial charge in [0.15, 0.2) is 0 Å². The second-order valence-electron chi connectivity index (χ2n) is 4.21. The highest BCUT2D eigenvalue weighted by Gasteiger charge is 2.35. The Morgan fingerprint density at radius 1 is 1.37 bits per heavy atom. The van der Waals surface area contributed by atoms with Crippen LogP contribution in [0.3, 0.4) is 0 Å². The van der Waals surface area contributed by atoms with E-state index in [0.29, 0.717) is 11.8 Å². The van der Waals surface area contributed by atoms with Crippen LogP contribution in [0.15, 0.2) is 12.1 Å². The maximum absolute atomic E-state index is 13.6. The van der Waals surface area contributed by atoms with Crippen molar-refractivity contribution in [3.63, 3.8) is 0 Å². The molecule has 0 bridgehead atoms. The highest BCUT2D eigenvalue weighted by molar-refractivity contribution is 5.92. The van der Waals surface area contributed by atoms with E-state index < -0.39 is 23.5 Å². The van der Waals surface area contributed by atoms with Crippen LogP contribution in [0, 0.1) is 12.7 Å². The van der Waals surface area contributed by atoms with Crippen molar-refractivity contribution in [2.45, 2.75) is 19.5 Å². The fourth-order valence-corrected chi connectivity index (χ4v) is 2.09. The monoisotopic (exact) mass is 274 g/mol. The molecule has 1 aromatic heterocycles. The van der Waals surface area contributed by atoms with Crippen LogP contribution in [0.4, 0.5) is 17.6 Å². The number of amides is 1. The number of rotatable bonds is 2. The van der Waals surface area contributed by atoms with Gasteiger partial charge < -0.3 is 10.7 Å². The van der Waals surface area contributed by atoms with Crippen LogP contribution in [0.5, 0.6) is 0 Å². The van der Waals surface area contributed by atoms with Gasteiger partial charge in [-0.15, -0.1) is 0 Å². The molecule has 7 heteroatoms. The predicted octanol–water partition coefficient (Wildman–Crippen LogP) is 2.66. The summed E-state index contributed by atoms with van der Waals surface area (Å²) in [4.78, 5) is 13.5. The molecule has 1 heterocycles. The van der Waals surface area contributed by atoms with Crippen LogP contribution in [0.1, 0.15) is 16.8 Å². The lowest BCUT2D eigenvalue weighted by Gasteiger charge is -2.10. The lowest BCUT2D eigenvalue weighted by Crippen LogP contribution is -2.15. The molecule has 1 aromatic carbocycles. The topological polar surface area (TPSA) is 58.9 Å². The van der Waals surface area contributed by atoms with Gasteiger partial charge in [0.25, 0.3) is 0 Å². The number of H-pyrrole nitrogens is 1. The minimum absolute atomic E-state index is 0.0781. The first-order valence-corrected chi connectivity index (χ1v) is 5.37. The number of primary amides is 1. The Morgan fingerprint density at radius 2 is 2.00 bits per heavy atom. The van der Waals surface area contributed by atoms with Gasteiger partial charge >= 0.3 is 6.18 Å². The summed E-state index contributed by atoms with van der Waals surface area (Å²) in [6.45, 7) is 1.47. The van der Waals surface area contributed by atoms with Crippen molar-refractivity contribution < 1.29 is 22.4 Å². The molecular formula is C12H10F4N2O. The summed E-state index contributed by atoms with van der Waals surface area (Å²) in [7, 11) is 0. The third kappa shape index (κ3) is 2.27. The summed E-state index contributed by atoms with van der Waals surface area (Å²) in [5.74, 6) is -1.58. The molecule has 0 radical (unpaired) electrons. The van der Waals surface area contributed by atoms with Gasteiger partial charge in [-0.1, -0.05) is 0 Å². The average molecular weight is 274 g/mol. The predicted molar refractivity (Wildman–Crippen MR) is 60.9 cm³/mol. The molecule has 0 fully saturated rings. The first-order valence-electron chi connectivity index (χ1n) is 5.37. The maximum atomic E-state index is 13.6. The van der Waals surface area contributed by atoms with E-state index in [2.05, 4.69) is 4.98 Å². The number of hydrogen-bond donors (Lipinski definition) is 2. The second-order valence-corrected chi connectivity index (χ2v) is 4.21. The van der Waals surface area contributed by atoms with Gasteiger partial charge in [-0.3, -0.25) is 4.79 Å². The van der Waals surface area contributed by atoms with Crippen molar-refractivity contribution in [2.24, 2.45) is 5.73 Å². The van der Waals surface area contributed by atoms with Gasteiger partial charge in [0.2, 0.25) is 5.91 Å². The number of alkyl halides is 3. The maximum Gasteiger partial charge on any atom is 0.417 e. The van der Waals surface area contributed by atoms with E-state index in [-0.39, 0.29) is 22.9 Å². The fraction of sp³-hybridized carbons (Fsp3) is 0.250. The molecule has 3 N–H and O–H groups in total. The Bertz CT molecular complexity index is 658. The Hall–Kier alpha value is -2.05. The number of carbonyl (C=O) groups excluding carboxylic acids is 1. The normalized spacial score (nSPS) is 12.1. The number of aromatic amines is 1. The van der Waals surface area contributed by atoms with E-state index in [1.54, 1.807) is 0 Å². The molecular weight excluding hydrogens is 264 g/mol. The largest absolute Gasteiger partial charge is 0.417 e. The van der Waals surface area contributed by atoms with Crippen LogP contribution in [0.2, 0.25) is 0 Å². The first-order chi connectivity index (χ1) is 8.71. The molecule has 2 rings (SSSR count). The number of halogens is 4. The van der Waals surface area contributed by atoms with Gasteiger partial charge in [0, 0.05) is 11.1 Å². The number of hydrogen-bond acceptors (Lipinski definition) is 1. The van der Waals surface area contributed by atoms with Gasteiger partial charge in [-0.05, 0) is 24.6 Å². The molecule has 0 aliphatic heterocycles. The standard InChI is InChI=1S/C12H10F4N2O/c1-5-6(4-9(17)19)10-7(12(14,15)16)2-3-8(13)11(10)18-5/h2-3,18H,4H2,1H3,(H2,17,19). The van der Waals surface area contributed by atoms with Crippen LogP contribution in [-0.2, 0) is 17.4 Å². The molecule has 2 aromatic rings. The molecule has 0 saturated carbocycles. The zero-order chi connectivity index (χ0) is 14.4. The Balaban J connectivity index is 2.85. The van der Waals surface area contributed by atoms with Crippen molar-refractivity contribution in [1.29, 1.82) is 0 Å². The Morgan fingerprint density at radius 3 is 2.53 bits per heavy atom. The van der Waals surface area contributed by atoms with Crippen molar-refractivity contribution in [1.82, 2.24) is 4.98 Å². The molecule has 102 valence electrons. The number of carbonyl (C=O) groups is 1. The van der Waals surface area contributed by atoms with Crippen molar-refractivity contribution in [3.8, 4) is 0 Å². The van der Waals surface area contributed by atoms with E-state index in [9.17, 15) is 22.4 Å². The highest BCUT2D eigenvalue weighted by atomic mass is 19.4. The summed E-state index contributed by atoms with van der Waals surface area (Å²) < 4.78 is 52.3. The van der Waals surface area contributed by atoms with Crippen LogP contribution in [0.25, 0.3) is 10.9 Å². The van der Waals surface area contributed by atoms with E-state index in [0.717, 1.165) is 6.07 Å². The van der Waals surface area contributed by atoms with E-state index in [4.69, 9.17) is 5.73 Å². The molecule has 1 amide bonds. The van der Waals surface area contributed by atoms with Gasteiger partial charge in [0.1, 0.15) is 5.82 Å². The minimum atomic E-state index is -4.63. The fourth-order valence-electron chi connectivity index (χ4n) is 2.09. The van der Waals surface area contributed by atoms with E-state index >= 15 is 0 Å². The van der Waals surface area contributed by atoms with Crippen molar-refractivity contribution in [3.05, 3.63) is 34.8 Å². The highest BCUT2D eigenvalue weighted by Crippen LogP contribution is 2.38. The third-order valence-corrected chi connectivity index (χ3v) is 2.88. The quantitative estimate of drug-likeness (QED) is 0.813. The number of aryl methyl sites for hydroxylation is 1.